The van der Waals surface area contributed by atoms with Gasteiger partial charge in [-0.3, -0.25) is 4.79 Å². The summed E-state index contributed by atoms with van der Waals surface area (Å²) in [4.78, 5) is 14.1. The number of carbonyl (C=O) groups excluding carboxylic acids is 1. The molecule has 0 aliphatic carbocycles. The number of hydrogen-bond donors (Lipinski definition) is 1. The zero-order valence-electron chi connectivity index (χ0n) is 14.5. The molecule has 25 heavy (non-hydrogen) atoms. The predicted molar refractivity (Wildman–Crippen MR) is 100 cm³/mol. The first-order valence-electron chi connectivity index (χ1n) is 8.17. The van der Waals surface area contributed by atoms with E-state index in [1.54, 1.807) is 23.1 Å². The van der Waals surface area contributed by atoms with E-state index in [2.05, 4.69) is 4.72 Å². The number of amides is 1. The maximum absolute atomic E-state index is 12.4. The Morgan fingerprint density at radius 3 is 2.88 bits per heavy atom. The molecule has 1 aromatic carbocycles. The summed E-state index contributed by atoms with van der Waals surface area (Å²) in [6.07, 6.45) is 5.05. The number of nitrogens with zero attached hydrogens (tertiary/aromatic N) is 2. The van der Waals surface area contributed by atoms with Gasteiger partial charge in [-0.25, -0.2) is 4.72 Å². The predicted octanol–water partition coefficient (Wildman–Crippen LogP) is 1.99. The molecule has 0 radical (unpaired) electrons. The molecule has 8 heteroatoms. The van der Waals surface area contributed by atoms with Crippen LogP contribution in [0.2, 0.25) is 5.02 Å². The maximum atomic E-state index is 12.4. The van der Waals surface area contributed by atoms with Crippen molar-refractivity contribution < 1.29 is 13.2 Å². The zero-order chi connectivity index (χ0) is 18.4. The van der Waals surface area contributed by atoms with Gasteiger partial charge in [-0.15, -0.1) is 0 Å². The molecule has 6 nitrogen and oxygen atoms in total. The summed E-state index contributed by atoms with van der Waals surface area (Å²) < 4.78 is 27.3. The van der Waals surface area contributed by atoms with Crippen molar-refractivity contribution in [1.29, 1.82) is 0 Å². The second kappa shape index (κ2) is 8.80. The lowest BCUT2D eigenvalue weighted by atomic mass is 9.98. The van der Waals surface area contributed by atoms with Crippen LogP contribution < -0.4 is 4.72 Å². The molecule has 1 amide bonds. The quantitative estimate of drug-likeness (QED) is 0.761. The van der Waals surface area contributed by atoms with Crippen LogP contribution >= 0.6 is 11.6 Å². The summed E-state index contributed by atoms with van der Waals surface area (Å²) in [5.74, 6) is 0.0483. The summed E-state index contributed by atoms with van der Waals surface area (Å²) in [6, 6.07) is 7.29. The summed E-state index contributed by atoms with van der Waals surface area (Å²) >= 11 is 5.93. The summed E-state index contributed by atoms with van der Waals surface area (Å²) in [5.41, 5.74) is 0.869. The second-order valence-electron chi connectivity index (χ2n) is 6.32. The Morgan fingerprint density at radius 1 is 1.44 bits per heavy atom. The van der Waals surface area contributed by atoms with Crippen LogP contribution in [0, 0.1) is 5.92 Å². The van der Waals surface area contributed by atoms with Gasteiger partial charge in [0.2, 0.25) is 5.91 Å². The van der Waals surface area contributed by atoms with E-state index in [0.29, 0.717) is 24.7 Å². The Balaban J connectivity index is 1.90. The Morgan fingerprint density at radius 2 is 2.20 bits per heavy atom. The number of benzene rings is 1. The van der Waals surface area contributed by atoms with Crippen molar-refractivity contribution in [1.82, 2.24) is 13.9 Å². The lowest BCUT2D eigenvalue weighted by Gasteiger charge is -2.32. The molecule has 0 spiro atoms. The van der Waals surface area contributed by atoms with Gasteiger partial charge in [0.05, 0.1) is 0 Å². The van der Waals surface area contributed by atoms with Crippen LogP contribution in [-0.4, -0.2) is 57.3 Å². The number of likely N-dealkylation sites (tertiary alicyclic amines) is 1. The lowest BCUT2D eigenvalue weighted by Crippen LogP contribution is -2.45. The Bertz CT molecular complexity index is 734. The van der Waals surface area contributed by atoms with E-state index in [0.717, 1.165) is 22.7 Å². The van der Waals surface area contributed by atoms with Gasteiger partial charge in [0.1, 0.15) is 0 Å². The van der Waals surface area contributed by atoms with Crippen LogP contribution in [0.25, 0.3) is 6.08 Å². The number of rotatable bonds is 6. The first-order chi connectivity index (χ1) is 11.8. The molecule has 138 valence electrons. The number of piperidine rings is 1. The molecule has 0 saturated carbocycles. The largest absolute Gasteiger partial charge is 0.339 e. The fourth-order valence-corrected chi connectivity index (χ4v) is 3.57. The number of hydrogen-bond acceptors (Lipinski definition) is 3. The van der Waals surface area contributed by atoms with Gasteiger partial charge in [-0.05, 0) is 42.5 Å². The monoisotopic (exact) mass is 385 g/mol. The van der Waals surface area contributed by atoms with Crippen LogP contribution in [0.4, 0.5) is 0 Å². The highest BCUT2D eigenvalue weighted by Gasteiger charge is 2.24. The molecule has 1 aliphatic heterocycles. The fourth-order valence-electron chi connectivity index (χ4n) is 2.67. The summed E-state index contributed by atoms with van der Waals surface area (Å²) in [5, 5.41) is 0.626. The Kier molecular flexibility index (Phi) is 7.01. The van der Waals surface area contributed by atoms with Crippen LogP contribution in [0.1, 0.15) is 18.4 Å². The molecule has 1 N–H and O–H groups in total. The first-order valence-corrected chi connectivity index (χ1v) is 9.99. The fraction of sp³-hybridized carbons (Fsp3) is 0.471. The Labute approximate surface area is 154 Å². The maximum Gasteiger partial charge on any atom is 0.278 e. The van der Waals surface area contributed by atoms with Gasteiger partial charge in [-0.1, -0.05) is 23.7 Å². The zero-order valence-corrected chi connectivity index (χ0v) is 16.1. The number of nitrogens with one attached hydrogen (secondary N) is 1. The molecular weight excluding hydrogens is 362 g/mol. The van der Waals surface area contributed by atoms with E-state index in [4.69, 9.17) is 11.6 Å². The molecular formula is C17H24ClN3O3S. The molecule has 0 bridgehead atoms. The van der Waals surface area contributed by atoms with Crippen LogP contribution in [0.5, 0.6) is 0 Å². The third-order valence-corrected chi connectivity index (χ3v) is 5.86. The molecule has 1 atom stereocenters. The standard InChI is InChI=1S/C17H24ClN3O3S/c1-20(2)25(23,24)19-12-15-6-4-10-21(13-15)17(22)9-8-14-5-3-7-16(18)11-14/h3,5,7-9,11,15,19H,4,6,10,12-13H2,1-2H3/b9-8+/t15-/m1/s1. The average Bonchev–Trinajstić information content (AvgIpc) is 2.58. The van der Waals surface area contributed by atoms with Gasteiger partial charge < -0.3 is 4.90 Å². The van der Waals surface area contributed by atoms with E-state index in [1.165, 1.54) is 20.2 Å². The highest BCUT2D eigenvalue weighted by Crippen LogP contribution is 2.17. The van der Waals surface area contributed by atoms with Gasteiger partial charge in [-0.2, -0.15) is 12.7 Å². The SMILES string of the molecule is CN(C)S(=O)(=O)NC[C@H]1CCCN(C(=O)/C=C/c2cccc(Cl)c2)C1. The highest BCUT2D eigenvalue weighted by molar-refractivity contribution is 7.87. The van der Waals surface area contributed by atoms with Gasteiger partial charge >= 0.3 is 0 Å². The van der Waals surface area contributed by atoms with Crippen molar-refractivity contribution >= 4 is 33.8 Å². The van der Waals surface area contributed by atoms with E-state index in [9.17, 15) is 13.2 Å². The molecule has 2 rings (SSSR count). The number of carbonyl (C=O) groups is 1. The highest BCUT2D eigenvalue weighted by atomic mass is 35.5. The topological polar surface area (TPSA) is 69.7 Å². The third-order valence-electron chi connectivity index (χ3n) is 4.13. The van der Waals surface area contributed by atoms with Gasteiger partial charge in [0.25, 0.3) is 10.2 Å². The summed E-state index contributed by atoms with van der Waals surface area (Å²) in [6.45, 7) is 1.58. The van der Waals surface area contributed by atoms with Gasteiger partial charge in [0, 0.05) is 44.8 Å². The van der Waals surface area contributed by atoms with Gasteiger partial charge in [0.15, 0.2) is 0 Å². The molecule has 1 saturated heterocycles. The van der Waals surface area contributed by atoms with Crippen molar-refractivity contribution in [2.24, 2.45) is 5.92 Å². The second-order valence-corrected chi connectivity index (χ2v) is 8.72. The van der Waals surface area contributed by atoms with E-state index in [1.807, 2.05) is 12.1 Å². The van der Waals surface area contributed by atoms with Crippen LogP contribution in [0.3, 0.4) is 0 Å². The minimum Gasteiger partial charge on any atom is -0.339 e. The molecule has 1 heterocycles. The molecule has 1 aliphatic rings. The smallest absolute Gasteiger partial charge is 0.278 e. The minimum atomic E-state index is -3.43. The molecule has 1 aromatic rings. The molecule has 1 fully saturated rings. The lowest BCUT2D eigenvalue weighted by molar-refractivity contribution is -0.127. The van der Waals surface area contributed by atoms with Crippen LogP contribution in [0.15, 0.2) is 30.3 Å². The normalized spacial score (nSPS) is 18.9. The summed E-state index contributed by atoms with van der Waals surface area (Å²) in [7, 11) is -0.461. The third kappa shape index (κ3) is 6.11. The van der Waals surface area contributed by atoms with Crippen molar-refractivity contribution in [3.05, 3.63) is 40.9 Å². The van der Waals surface area contributed by atoms with Crippen LogP contribution in [-0.2, 0) is 15.0 Å². The van der Waals surface area contributed by atoms with Crippen molar-refractivity contribution in [2.75, 3.05) is 33.7 Å². The van der Waals surface area contributed by atoms with E-state index >= 15 is 0 Å². The van der Waals surface area contributed by atoms with E-state index < -0.39 is 10.2 Å². The van der Waals surface area contributed by atoms with Crippen molar-refractivity contribution in [3.8, 4) is 0 Å². The van der Waals surface area contributed by atoms with Crippen molar-refractivity contribution in [3.63, 3.8) is 0 Å². The van der Waals surface area contributed by atoms with E-state index in [-0.39, 0.29) is 11.8 Å². The molecule has 0 unspecified atom stereocenters. The average molecular weight is 386 g/mol. The minimum absolute atomic E-state index is 0.0693. The first kappa shape index (κ1) is 19.9. The number of halogens is 1. The Hall–Kier alpha value is -1.41. The van der Waals surface area contributed by atoms with Crippen molar-refractivity contribution in [2.45, 2.75) is 12.8 Å². The molecule has 0 aromatic heterocycles.